The summed E-state index contributed by atoms with van der Waals surface area (Å²) in [6.45, 7) is 8.47. The molecule has 0 bridgehead atoms. The Labute approximate surface area is 233 Å². The highest BCUT2D eigenvalue weighted by Crippen LogP contribution is 2.44. The molecule has 2 aromatic heterocycles. The van der Waals surface area contributed by atoms with E-state index in [4.69, 9.17) is 7.73 Å². The quantitative estimate of drug-likeness (QED) is 0.216. The molecule has 0 spiro atoms. The van der Waals surface area contributed by atoms with Crippen LogP contribution >= 0.6 is 11.3 Å². The van der Waals surface area contributed by atoms with Gasteiger partial charge in [0.15, 0.2) is 0 Å². The predicted octanol–water partition coefficient (Wildman–Crippen LogP) is 10.9. The molecule has 0 aliphatic rings. The fraction of sp³-hybridized carbons (Fsp3) is 0.265. The molecule has 39 heavy (non-hydrogen) atoms. The molecular formula is C34H30F3NS. The van der Waals surface area contributed by atoms with Crippen LogP contribution in [-0.4, -0.2) is 11.2 Å². The molecule has 4 aromatic carbocycles. The molecule has 0 aliphatic heterocycles. The van der Waals surface area contributed by atoms with Gasteiger partial charge in [0.2, 0.25) is 0 Å². The lowest BCUT2D eigenvalue weighted by Gasteiger charge is -2.27. The Morgan fingerprint density at radius 2 is 1.44 bits per heavy atom. The number of hydrogen-bond acceptors (Lipinski definition) is 2. The summed E-state index contributed by atoms with van der Waals surface area (Å²) in [7, 11) is 0. The summed E-state index contributed by atoms with van der Waals surface area (Å²) < 4.78 is 60.2. The van der Waals surface area contributed by atoms with Crippen molar-refractivity contribution < 1.29 is 15.9 Å². The van der Waals surface area contributed by atoms with Gasteiger partial charge in [-0.05, 0) is 62.7 Å². The van der Waals surface area contributed by atoms with Crippen LogP contribution in [0.25, 0.3) is 53.0 Å². The lowest BCUT2D eigenvalue weighted by molar-refractivity contribution is -0.211. The number of benzene rings is 4. The predicted molar refractivity (Wildman–Crippen MR) is 160 cm³/mol. The molecule has 0 fully saturated rings. The van der Waals surface area contributed by atoms with Gasteiger partial charge in [-0.1, -0.05) is 89.2 Å². The first-order chi connectivity index (χ1) is 19.1. The second-order valence-electron chi connectivity index (χ2n) is 11.8. The second kappa shape index (κ2) is 8.79. The summed E-state index contributed by atoms with van der Waals surface area (Å²) in [5, 5.41) is 6.09. The zero-order valence-corrected chi connectivity index (χ0v) is 23.3. The van der Waals surface area contributed by atoms with Crippen molar-refractivity contribution >= 4 is 53.1 Å². The number of fused-ring (bicyclic) bond motifs is 6. The molecule has 2 heterocycles. The van der Waals surface area contributed by atoms with Crippen LogP contribution in [-0.2, 0) is 11.8 Å². The Bertz CT molecular complexity index is 1980. The lowest BCUT2D eigenvalue weighted by Crippen LogP contribution is -2.34. The Morgan fingerprint density at radius 3 is 2.18 bits per heavy atom. The highest BCUT2D eigenvalue weighted by atomic mass is 32.1. The highest BCUT2D eigenvalue weighted by molar-refractivity contribution is 7.27. The fourth-order valence-corrected chi connectivity index (χ4v) is 6.62. The molecule has 0 radical (unpaired) electrons. The molecule has 0 amide bonds. The number of rotatable bonds is 3. The van der Waals surface area contributed by atoms with Gasteiger partial charge in [0.1, 0.15) is 0 Å². The van der Waals surface area contributed by atoms with E-state index >= 15 is 0 Å². The number of nitrogens with zero attached hydrogens (tertiary/aromatic N) is 1. The van der Waals surface area contributed by atoms with Crippen LogP contribution in [0.2, 0.25) is 0 Å². The minimum absolute atomic E-state index is 0.0148. The molecule has 0 N–H and O–H groups in total. The SMILES string of the molecule is [2H]C([2H])(c1ccc2c(ccc3c4ccnc(-c5cc(C(C)(C)C)c6ccccc6c5)c4sc23)c1)C(C)(C)C(F)(F)F. The van der Waals surface area contributed by atoms with Crippen molar-refractivity contribution in [1.82, 2.24) is 4.98 Å². The zero-order chi connectivity index (χ0) is 29.5. The number of halogens is 3. The third-order valence-corrected chi connectivity index (χ3v) is 8.74. The number of thiophene rings is 1. The molecule has 6 rings (SSSR count). The standard InChI is InChI=1S/C34H30F3NS/c1-32(2,3)28-18-23(17-21-8-6-7-9-24(21)28)29-31-27(14-15-38-29)26-13-11-22-16-20(10-12-25(22)30(26)39-31)19-33(4,5)34(35,36)37/h6-18H,19H2,1-5H3/i19D2. The molecule has 0 saturated carbocycles. The number of hydrogen-bond donors (Lipinski definition) is 0. The Kier molecular flexibility index (Phi) is 5.28. The summed E-state index contributed by atoms with van der Waals surface area (Å²) in [4.78, 5) is 4.83. The lowest BCUT2D eigenvalue weighted by atomic mass is 9.82. The Hall–Kier alpha value is -3.44. The van der Waals surface area contributed by atoms with E-state index in [2.05, 4.69) is 51.1 Å². The van der Waals surface area contributed by atoms with E-state index in [0.29, 0.717) is 5.39 Å². The first-order valence-electron chi connectivity index (χ1n) is 14.0. The molecule has 0 aliphatic carbocycles. The van der Waals surface area contributed by atoms with E-state index in [9.17, 15) is 13.2 Å². The number of aromatic nitrogens is 1. The van der Waals surface area contributed by atoms with Crippen LogP contribution in [0.5, 0.6) is 0 Å². The third-order valence-electron chi connectivity index (χ3n) is 7.48. The van der Waals surface area contributed by atoms with Gasteiger partial charge in [-0.25, -0.2) is 0 Å². The molecule has 198 valence electrons. The summed E-state index contributed by atoms with van der Waals surface area (Å²) in [5.74, 6) is 0. The molecule has 0 unspecified atom stereocenters. The Morgan fingerprint density at radius 1 is 0.744 bits per heavy atom. The molecule has 6 aromatic rings. The van der Waals surface area contributed by atoms with E-state index in [0.717, 1.165) is 56.0 Å². The van der Waals surface area contributed by atoms with Gasteiger partial charge in [0.25, 0.3) is 0 Å². The molecule has 5 heteroatoms. The first-order valence-corrected chi connectivity index (χ1v) is 13.8. The van der Waals surface area contributed by atoms with Gasteiger partial charge in [-0.2, -0.15) is 13.2 Å². The minimum atomic E-state index is -4.69. The minimum Gasteiger partial charge on any atom is -0.255 e. The fourth-order valence-electron chi connectivity index (χ4n) is 5.27. The maximum absolute atomic E-state index is 13.8. The first kappa shape index (κ1) is 23.4. The van der Waals surface area contributed by atoms with Gasteiger partial charge in [0, 0.05) is 30.0 Å². The van der Waals surface area contributed by atoms with Crippen molar-refractivity contribution in [2.45, 2.75) is 52.6 Å². The second-order valence-corrected chi connectivity index (χ2v) is 12.8. The molecular weight excluding hydrogens is 511 g/mol. The van der Waals surface area contributed by atoms with Crippen molar-refractivity contribution in [2.24, 2.45) is 5.41 Å². The van der Waals surface area contributed by atoms with Crippen LogP contribution in [0.15, 0.2) is 79.0 Å². The third kappa shape index (κ3) is 4.37. The van der Waals surface area contributed by atoms with Crippen LogP contribution in [0, 0.1) is 5.41 Å². The van der Waals surface area contributed by atoms with E-state index < -0.39 is 18.0 Å². The van der Waals surface area contributed by atoms with Gasteiger partial charge in [0.05, 0.1) is 15.8 Å². The Balaban J connectivity index is 1.56. The monoisotopic (exact) mass is 543 g/mol. The summed E-state index contributed by atoms with van der Waals surface area (Å²) in [6, 6.07) is 23.5. The normalized spacial score (nSPS) is 14.4. The average Bonchev–Trinajstić information content (AvgIpc) is 3.30. The number of alkyl halides is 3. The maximum Gasteiger partial charge on any atom is 0.394 e. The van der Waals surface area contributed by atoms with Crippen LogP contribution in [0.1, 0.15) is 48.5 Å². The van der Waals surface area contributed by atoms with Crippen LogP contribution in [0.4, 0.5) is 13.2 Å². The summed E-state index contributed by atoms with van der Waals surface area (Å²) >= 11 is 1.62. The smallest absolute Gasteiger partial charge is 0.255 e. The van der Waals surface area contributed by atoms with E-state index in [1.165, 1.54) is 17.0 Å². The van der Waals surface area contributed by atoms with E-state index in [1.807, 2.05) is 30.5 Å². The van der Waals surface area contributed by atoms with Gasteiger partial charge >= 0.3 is 6.18 Å². The van der Waals surface area contributed by atoms with Crippen molar-refractivity contribution in [1.29, 1.82) is 0 Å². The summed E-state index contributed by atoms with van der Waals surface area (Å²) in [6.07, 6.45) is -5.47. The summed E-state index contributed by atoms with van der Waals surface area (Å²) in [5.41, 5.74) is 0.582. The molecule has 0 saturated heterocycles. The average molecular weight is 544 g/mol. The van der Waals surface area contributed by atoms with Gasteiger partial charge in [-0.15, -0.1) is 11.3 Å². The molecule has 0 atom stereocenters. The van der Waals surface area contributed by atoms with Crippen molar-refractivity contribution in [3.05, 3.63) is 90.1 Å². The van der Waals surface area contributed by atoms with E-state index in [-0.39, 0.29) is 11.0 Å². The van der Waals surface area contributed by atoms with E-state index in [1.54, 1.807) is 23.5 Å². The van der Waals surface area contributed by atoms with Crippen LogP contribution < -0.4 is 0 Å². The zero-order valence-electron chi connectivity index (χ0n) is 24.5. The maximum atomic E-state index is 13.8. The van der Waals surface area contributed by atoms with Crippen LogP contribution in [0.3, 0.4) is 0 Å². The largest absolute Gasteiger partial charge is 0.394 e. The topological polar surface area (TPSA) is 12.9 Å². The number of pyridine rings is 1. The van der Waals surface area contributed by atoms with Crippen molar-refractivity contribution in [3.63, 3.8) is 0 Å². The molecule has 1 nitrogen and oxygen atoms in total. The highest BCUT2D eigenvalue weighted by Gasteiger charge is 2.46. The van der Waals surface area contributed by atoms with Crippen molar-refractivity contribution in [2.75, 3.05) is 0 Å². The van der Waals surface area contributed by atoms with Gasteiger partial charge in [-0.3, -0.25) is 4.98 Å². The van der Waals surface area contributed by atoms with Crippen molar-refractivity contribution in [3.8, 4) is 11.3 Å². The van der Waals surface area contributed by atoms with Gasteiger partial charge < -0.3 is 0 Å².